The van der Waals surface area contributed by atoms with Crippen LogP contribution in [-0.2, 0) is 17.6 Å². The van der Waals surface area contributed by atoms with E-state index in [1.807, 2.05) is 5.32 Å². The van der Waals surface area contributed by atoms with Gasteiger partial charge in [0.05, 0.1) is 5.69 Å². The van der Waals surface area contributed by atoms with E-state index in [-0.39, 0.29) is 29.4 Å². The Balaban J connectivity index is 2.05. The molecule has 12 heteroatoms. The Morgan fingerprint density at radius 1 is 1.24 bits per heavy atom. The molecule has 7 nitrogen and oxygen atoms in total. The lowest BCUT2D eigenvalue weighted by Gasteiger charge is -2.07. The van der Waals surface area contributed by atoms with Crippen LogP contribution in [0.1, 0.15) is 21.1 Å². The molecule has 0 saturated heterocycles. The van der Waals surface area contributed by atoms with E-state index in [0.29, 0.717) is 4.40 Å². The van der Waals surface area contributed by atoms with E-state index in [1.165, 1.54) is 12.1 Å². The maximum absolute atomic E-state index is 13.4. The summed E-state index contributed by atoms with van der Waals surface area (Å²) in [5, 5.41) is 1.94. The van der Waals surface area contributed by atoms with Gasteiger partial charge in [0, 0.05) is 13.1 Å². The Hall–Kier alpha value is -3.28. The molecule has 29 heavy (non-hydrogen) atoms. The zero-order valence-electron chi connectivity index (χ0n) is 14.5. The largest absolute Gasteiger partial charge is 0.487 e. The molecule has 152 valence electrons. The van der Waals surface area contributed by atoms with E-state index in [2.05, 4.69) is 4.98 Å². The van der Waals surface area contributed by atoms with E-state index >= 15 is 0 Å². The molecule has 1 amide bonds. The maximum atomic E-state index is 13.4. The molecule has 3 rings (SSSR count). The molecule has 2 heterocycles. The minimum atomic E-state index is -4.98. The first-order valence-corrected chi connectivity index (χ1v) is 8.71. The number of hydrogen-bond acceptors (Lipinski definition) is 6. The van der Waals surface area contributed by atoms with Crippen molar-refractivity contribution in [3.05, 3.63) is 62.8 Å². The highest BCUT2D eigenvalue weighted by Crippen LogP contribution is 2.37. The van der Waals surface area contributed by atoms with Crippen LogP contribution in [0.3, 0.4) is 0 Å². The molecule has 0 atom stereocenters. The highest BCUT2D eigenvalue weighted by atomic mass is 32.1. The molecule has 3 aromatic rings. The van der Waals surface area contributed by atoms with Crippen molar-refractivity contribution >= 4 is 28.0 Å². The Bertz CT molecular complexity index is 1150. The zero-order chi connectivity index (χ0) is 21.3. The topological polar surface area (TPSA) is 89.8 Å². The molecular formula is C17H11F4N3O4S. The van der Waals surface area contributed by atoms with Crippen molar-refractivity contribution in [2.75, 3.05) is 7.05 Å². The zero-order valence-corrected chi connectivity index (χ0v) is 15.4. The van der Waals surface area contributed by atoms with Crippen molar-refractivity contribution in [2.24, 2.45) is 0 Å². The van der Waals surface area contributed by atoms with Crippen LogP contribution < -0.4 is 15.6 Å². The highest BCUT2D eigenvalue weighted by molar-refractivity contribution is 7.17. The number of nitrogens with one attached hydrogen (secondary N) is 1. The Kier molecular flexibility index (Phi) is 5.38. The third kappa shape index (κ3) is 4.11. The number of alkyl halides is 3. The van der Waals surface area contributed by atoms with Crippen LogP contribution >= 0.6 is 11.3 Å². The highest BCUT2D eigenvalue weighted by Gasteiger charge is 2.41. The summed E-state index contributed by atoms with van der Waals surface area (Å²) in [6.07, 6.45) is -4.98. The smallest absolute Gasteiger partial charge is 0.427 e. The van der Waals surface area contributed by atoms with E-state index in [1.54, 1.807) is 0 Å². The average molecular weight is 429 g/mol. The number of Topliss-reactive ketones (excluding diaryl/α,β-unsaturated/α-hetero) is 1. The van der Waals surface area contributed by atoms with Gasteiger partial charge >= 0.3 is 6.18 Å². The number of benzene rings is 1. The number of likely N-dealkylation sites (N-methyl/N-ethyl adjacent to an activating group) is 1. The lowest BCUT2D eigenvalue weighted by Crippen LogP contribution is -2.32. The van der Waals surface area contributed by atoms with Gasteiger partial charge in [0.15, 0.2) is 4.96 Å². The number of thiazole rings is 1. The second-order valence-electron chi connectivity index (χ2n) is 5.63. The summed E-state index contributed by atoms with van der Waals surface area (Å²) in [4.78, 5) is 38.2. The Morgan fingerprint density at radius 3 is 2.48 bits per heavy atom. The summed E-state index contributed by atoms with van der Waals surface area (Å²) in [6.45, 7) is -0.282. The van der Waals surface area contributed by atoms with Gasteiger partial charge in [0.25, 0.3) is 17.2 Å². The fraction of sp³-hybridized carbons (Fsp3) is 0.176. The quantitative estimate of drug-likeness (QED) is 0.382. The van der Waals surface area contributed by atoms with Crippen LogP contribution in [0.2, 0.25) is 0 Å². The summed E-state index contributed by atoms with van der Waals surface area (Å²) < 4.78 is 58.8. The molecule has 0 fully saturated rings. The molecular weight excluding hydrogens is 418 g/mol. The number of ketones is 1. The number of carbonyl (C=O) groups excluding carboxylic acids is 2. The van der Waals surface area contributed by atoms with Gasteiger partial charge in [-0.25, -0.2) is 13.8 Å². The number of rotatable bonds is 5. The molecule has 2 aromatic heterocycles. The van der Waals surface area contributed by atoms with Gasteiger partial charge in [-0.3, -0.25) is 14.4 Å². The number of amides is 1. The first-order chi connectivity index (χ1) is 13.6. The third-order valence-electron chi connectivity index (χ3n) is 3.68. The first kappa shape index (κ1) is 20.5. The second-order valence-corrected chi connectivity index (χ2v) is 6.61. The third-order valence-corrected chi connectivity index (χ3v) is 4.76. The number of carbonyl (C=O) groups is 2. The fourth-order valence-electron chi connectivity index (χ4n) is 2.40. The van der Waals surface area contributed by atoms with Crippen molar-refractivity contribution in [1.82, 2.24) is 14.7 Å². The predicted molar refractivity (Wildman–Crippen MR) is 93.5 cm³/mol. The van der Waals surface area contributed by atoms with Crippen LogP contribution in [0.5, 0.6) is 5.75 Å². The average Bonchev–Trinajstić information content (AvgIpc) is 3.07. The van der Waals surface area contributed by atoms with Gasteiger partial charge in [-0.05, 0) is 24.3 Å². The summed E-state index contributed by atoms with van der Waals surface area (Å²) >= 11 is 0.0599. The van der Waals surface area contributed by atoms with Gasteiger partial charge in [0.2, 0.25) is 0 Å². The number of halogens is 4. The van der Waals surface area contributed by atoms with Gasteiger partial charge < -0.3 is 10.1 Å². The van der Waals surface area contributed by atoms with Gasteiger partial charge in [0.1, 0.15) is 28.7 Å². The molecule has 0 aliphatic heterocycles. The fourth-order valence-corrected chi connectivity index (χ4v) is 3.42. The van der Waals surface area contributed by atoms with E-state index in [4.69, 9.17) is 4.74 Å². The van der Waals surface area contributed by atoms with Gasteiger partial charge in [-0.1, -0.05) is 11.3 Å². The minimum absolute atomic E-state index is 0.00626. The van der Waals surface area contributed by atoms with Crippen molar-refractivity contribution in [1.29, 1.82) is 0 Å². The molecule has 0 aliphatic carbocycles. The molecule has 0 radical (unpaired) electrons. The van der Waals surface area contributed by atoms with Gasteiger partial charge in [-0.2, -0.15) is 13.2 Å². The van der Waals surface area contributed by atoms with Crippen molar-refractivity contribution in [3.63, 3.8) is 0 Å². The Labute approximate surface area is 163 Å². The molecule has 0 saturated carbocycles. The molecule has 0 bridgehead atoms. The van der Waals surface area contributed by atoms with Crippen LogP contribution in [0.4, 0.5) is 17.6 Å². The molecule has 1 N–H and O–H groups in total. The van der Waals surface area contributed by atoms with Crippen LogP contribution in [-0.4, -0.2) is 28.1 Å². The van der Waals surface area contributed by atoms with Crippen molar-refractivity contribution < 1.29 is 31.9 Å². The summed E-state index contributed by atoms with van der Waals surface area (Å²) in [5.74, 6) is -3.04. The van der Waals surface area contributed by atoms with Crippen molar-refractivity contribution in [2.45, 2.75) is 12.8 Å². The van der Waals surface area contributed by atoms with Crippen LogP contribution in [0.25, 0.3) is 4.96 Å². The lowest BCUT2D eigenvalue weighted by atomic mass is 10.2. The monoisotopic (exact) mass is 429 g/mol. The predicted octanol–water partition coefficient (Wildman–Crippen LogP) is 2.42. The number of ether oxygens (including phenoxy) is 1. The molecule has 0 unspecified atom stereocenters. The number of hydrogen-bond donors (Lipinski definition) is 1. The van der Waals surface area contributed by atoms with E-state index < -0.39 is 44.8 Å². The first-order valence-electron chi connectivity index (χ1n) is 7.89. The molecule has 0 aliphatic rings. The SMILES string of the molecule is CNC(=O)C(=O)c1c(C(F)(F)F)sc2nc(COc3ccc(F)cc3)cc(=O)n12. The second kappa shape index (κ2) is 7.62. The minimum Gasteiger partial charge on any atom is -0.487 e. The van der Waals surface area contributed by atoms with Crippen LogP contribution in [0, 0.1) is 5.82 Å². The summed E-state index contributed by atoms with van der Waals surface area (Å²) in [6, 6.07) is 5.84. The summed E-state index contributed by atoms with van der Waals surface area (Å²) in [5.41, 5.74) is -2.08. The number of fused-ring (bicyclic) bond motifs is 1. The van der Waals surface area contributed by atoms with E-state index in [9.17, 15) is 31.9 Å². The van der Waals surface area contributed by atoms with Crippen molar-refractivity contribution in [3.8, 4) is 5.75 Å². The number of aromatic nitrogens is 2. The normalized spacial score (nSPS) is 11.5. The Morgan fingerprint density at radius 2 is 1.90 bits per heavy atom. The lowest BCUT2D eigenvalue weighted by molar-refractivity contribution is -0.134. The van der Waals surface area contributed by atoms with E-state index in [0.717, 1.165) is 25.2 Å². The van der Waals surface area contributed by atoms with Gasteiger partial charge in [-0.15, -0.1) is 0 Å². The van der Waals surface area contributed by atoms with Crippen LogP contribution in [0.15, 0.2) is 35.1 Å². The molecule has 0 spiro atoms. The summed E-state index contributed by atoms with van der Waals surface area (Å²) in [7, 11) is 1.08. The standard InChI is InChI=1S/C17H11F4N3O4S/c1-22-15(27)13(26)12-14(17(19,20)21)29-16-23-9(6-11(25)24(12)16)7-28-10-4-2-8(18)3-5-10/h2-6H,7H2,1H3,(H,22,27). The number of nitrogens with zero attached hydrogens (tertiary/aromatic N) is 2. The maximum Gasteiger partial charge on any atom is 0.427 e. The molecule has 1 aromatic carbocycles.